The highest BCUT2D eigenvalue weighted by molar-refractivity contribution is 5.45. The molecule has 0 fully saturated rings. The zero-order valence-electron chi connectivity index (χ0n) is 12.0. The SMILES string of the molecule is CC(C)NC1CCCOc2c(C(C)C)cccc21. The molecule has 0 radical (unpaired) electrons. The van der Waals surface area contributed by atoms with Gasteiger partial charge in [0, 0.05) is 17.6 Å². The van der Waals surface area contributed by atoms with Crippen molar-refractivity contribution in [3.8, 4) is 5.75 Å². The summed E-state index contributed by atoms with van der Waals surface area (Å²) in [7, 11) is 0. The zero-order chi connectivity index (χ0) is 13.1. The largest absolute Gasteiger partial charge is 0.493 e. The van der Waals surface area contributed by atoms with Crippen LogP contribution >= 0.6 is 0 Å². The highest BCUT2D eigenvalue weighted by atomic mass is 16.5. The normalized spacial score (nSPS) is 19.6. The molecule has 0 aromatic heterocycles. The standard InChI is InChI=1S/C16H25NO/c1-11(2)13-7-5-8-14-15(17-12(3)4)9-6-10-18-16(13)14/h5,7-8,11-12,15,17H,6,9-10H2,1-4H3. The maximum absolute atomic E-state index is 6.01. The summed E-state index contributed by atoms with van der Waals surface area (Å²) in [6.45, 7) is 9.71. The fourth-order valence-corrected chi connectivity index (χ4v) is 2.66. The molecule has 0 saturated heterocycles. The summed E-state index contributed by atoms with van der Waals surface area (Å²) in [5.41, 5.74) is 2.68. The third kappa shape index (κ3) is 2.86. The van der Waals surface area contributed by atoms with E-state index in [1.807, 2.05) is 0 Å². The number of benzene rings is 1. The van der Waals surface area contributed by atoms with Crippen LogP contribution in [0.2, 0.25) is 0 Å². The molecule has 1 aromatic rings. The summed E-state index contributed by atoms with van der Waals surface area (Å²) in [6.07, 6.45) is 2.28. The van der Waals surface area contributed by atoms with Crippen LogP contribution in [-0.4, -0.2) is 12.6 Å². The van der Waals surface area contributed by atoms with Gasteiger partial charge in [-0.1, -0.05) is 45.9 Å². The molecule has 1 unspecified atom stereocenters. The molecule has 0 aliphatic carbocycles. The predicted molar refractivity (Wildman–Crippen MR) is 76.3 cm³/mol. The molecule has 0 amide bonds. The lowest BCUT2D eigenvalue weighted by Gasteiger charge is -2.23. The number of hydrogen-bond acceptors (Lipinski definition) is 2. The summed E-state index contributed by atoms with van der Waals surface area (Å²) in [5, 5.41) is 3.66. The van der Waals surface area contributed by atoms with E-state index in [9.17, 15) is 0 Å². The predicted octanol–water partition coefficient (Wildman–Crippen LogP) is 4.02. The second-order valence-electron chi connectivity index (χ2n) is 5.78. The Bertz CT molecular complexity index is 398. The fourth-order valence-electron chi connectivity index (χ4n) is 2.66. The monoisotopic (exact) mass is 247 g/mol. The van der Waals surface area contributed by atoms with Crippen molar-refractivity contribution in [2.24, 2.45) is 0 Å². The summed E-state index contributed by atoms with van der Waals surface area (Å²) >= 11 is 0. The molecular formula is C16H25NO. The molecule has 100 valence electrons. The van der Waals surface area contributed by atoms with Gasteiger partial charge in [0.15, 0.2) is 0 Å². The third-order valence-corrected chi connectivity index (χ3v) is 3.49. The van der Waals surface area contributed by atoms with E-state index in [0.29, 0.717) is 18.0 Å². The van der Waals surface area contributed by atoms with E-state index >= 15 is 0 Å². The van der Waals surface area contributed by atoms with E-state index in [4.69, 9.17) is 4.74 Å². The van der Waals surface area contributed by atoms with Crippen molar-refractivity contribution in [3.05, 3.63) is 29.3 Å². The fraction of sp³-hybridized carbons (Fsp3) is 0.625. The Labute approximate surface area is 111 Å². The summed E-state index contributed by atoms with van der Waals surface area (Å²) in [6, 6.07) is 7.51. The zero-order valence-corrected chi connectivity index (χ0v) is 12.0. The molecule has 1 atom stereocenters. The minimum absolute atomic E-state index is 0.432. The van der Waals surface area contributed by atoms with Gasteiger partial charge in [0.25, 0.3) is 0 Å². The smallest absolute Gasteiger partial charge is 0.127 e. The number of fused-ring (bicyclic) bond motifs is 1. The minimum atomic E-state index is 0.432. The van der Waals surface area contributed by atoms with E-state index in [1.54, 1.807) is 0 Å². The molecule has 18 heavy (non-hydrogen) atoms. The van der Waals surface area contributed by atoms with Gasteiger partial charge in [-0.3, -0.25) is 0 Å². The van der Waals surface area contributed by atoms with Crippen molar-refractivity contribution in [1.82, 2.24) is 5.32 Å². The van der Waals surface area contributed by atoms with Gasteiger partial charge in [0.05, 0.1) is 6.61 Å². The van der Waals surface area contributed by atoms with Crippen LogP contribution in [-0.2, 0) is 0 Å². The maximum Gasteiger partial charge on any atom is 0.127 e. The minimum Gasteiger partial charge on any atom is -0.493 e. The first-order chi connectivity index (χ1) is 8.59. The van der Waals surface area contributed by atoms with Gasteiger partial charge >= 0.3 is 0 Å². The summed E-state index contributed by atoms with van der Waals surface area (Å²) in [5.74, 6) is 1.64. The second-order valence-corrected chi connectivity index (χ2v) is 5.78. The molecule has 1 aliphatic heterocycles. The van der Waals surface area contributed by atoms with E-state index in [1.165, 1.54) is 11.1 Å². The Morgan fingerprint density at radius 3 is 2.67 bits per heavy atom. The van der Waals surface area contributed by atoms with Crippen LogP contribution in [0.3, 0.4) is 0 Å². The van der Waals surface area contributed by atoms with E-state index in [0.717, 1.165) is 25.2 Å². The van der Waals surface area contributed by atoms with Crippen molar-refractivity contribution in [2.45, 2.75) is 58.5 Å². The Hall–Kier alpha value is -1.02. The highest BCUT2D eigenvalue weighted by Gasteiger charge is 2.22. The Kier molecular flexibility index (Phi) is 4.28. The van der Waals surface area contributed by atoms with Crippen molar-refractivity contribution in [2.75, 3.05) is 6.61 Å². The summed E-state index contributed by atoms with van der Waals surface area (Å²) in [4.78, 5) is 0. The number of para-hydroxylation sites is 1. The quantitative estimate of drug-likeness (QED) is 0.871. The highest BCUT2D eigenvalue weighted by Crippen LogP contribution is 2.37. The average molecular weight is 247 g/mol. The number of hydrogen-bond donors (Lipinski definition) is 1. The Morgan fingerprint density at radius 1 is 1.22 bits per heavy atom. The topological polar surface area (TPSA) is 21.3 Å². The number of nitrogens with one attached hydrogen (secondary N) is 1. The van der Waals surface area contributed by atoms with Crippen LogP contribution in [0.15, 0.2) is 18.2 Å². The first-order valence-corrected chi connectivity index (χ1v) is 7.11. The van der Waals surface area contributed by atoms with Gasteiger partial charge < -0.3 is 10.1 Å². The van der Waals surface area contributed by atoms with Gasteiger partial charge in [0.1, 0.15) is 5.75 Å². The second kappa shape index (κ2) is 5.75. The first-order valence-electron chi connectivity index (χ1n) is 7.11. The molecule has 0 spiro atoms. The molecule has 1 N–H and O–H groups in total. The Morgan fingerprint density at radius 2 is 2.00 bits per heavy atom. The molecule has 2 heteroatoms. The maximum atomic E-state index is 6.01. The van der Waals surface area contributed by atoms with E-state index in [-0.39, 0.29) is 0 Å². The molecule has 1 aromatic carbocycles. The molecular weight excluding hydrogens is 222 g/mol. The van der Waals surface area contributed by atoms with Gasteiger partial charge in [-0.15, -0.1) is 0 Å². The van der Waals surface area contributed by atoms with E-state index < -0.39 is 0 Å². The molecule has 1 aliphatic rings. The van der Waals surface area contributed by atoms with Crippen molar-refractivity contribution >= 4 is 0 Å². The molecule has 2 nitrogen and oxygen atoms in total. The van der Waals surface area contributed by atoms with Gasteiger partial charge in [0.2, 0.25) is 0 Å². The number of ether oxygens (including phenoxy) is 1. The van der Waals surface area contributed by atoms with Crippen molar-refractivity contribution in [3.63, 3.8) is 0 Å². The van der Waals surface area contributed by atoms with Gasteiger partial charge in [-0.25, -0.2) is 0 Å². The average Bonchev–Trinajstić information content (AvgIpc) is 2.51. The van der Waals surface area contributed by atoms with E-state index in [2.05, 4.69) is 51.2 Å². The first kappa shape index (κ1) is 13.4. The third-order valence-electron chi connectivity index (χ3n) is 3.49. The lowest BCUT2D eigenvalue weighted by atomic mass is 9.94. The molecule has 0 bridgehead atoms. The van der Waals surface area contributed by atoms with Crippen LogP contribution in [0.4, 0.5) is 0 Å². The van der Waals surface area contributed by atoms with Crippen LogP contribution < -0.4 is 10.1 Å². The van der Waals surface area contributed by atoms with Crippen LogP contribution in [0, 0.1) is 0 Å². The summed E-state index contributed by atoms with van der Waals surface area (Å²) < 4.78 is 6.01. The lowest BCUT2D eigenvalue weighted by molar-refractivity contribution is 0.310. The lowest BCUT2D eigenvalue weighted by Crippen LogP contribution is -2.28. The van der Waals surface area contributed by atoms with Crippen LogP contribution in [0.5, 0.6) is 5.75 Å². The van der Waals surface area contributed by atoms with Crippen LogP contribution in [0.1, 0.15) is 63.6 Å². The molecule has 0 saturated carbocycles. The van der Waals surface area contributed by atoms with Crippen molar-refractivity contribution in [1.29, 1.82) is 0 Å². The number of rotatable bonds is 3. The Balaban J connectivity index is 2.39. The van der Waals surface area contributed by atoms with Crippen LogP contribution in [0.25, 0.3) is 0 Å². The van der Waals surface area contributed by atoms with Crippen molar-refractivity contribution < 1.29 is 4.74 Å². The molecule has 2 rings (SSSR count). The molecule has 1 heterocycles. The van der Waals surface area contributed by atoms with Gasteiger partial charge in [-0.05, 0) is 24.3 Å². The van der Waals surface area contributed by atoms with Gasteiger partial charge in [-0.2, -0.15) is 0 Å².